The van der Waals surface area contributed by atoms with Crippen LogP contribution in [0.5, 0.6) is 0 Å². The highest BCUT2D eigenvalue weighted by atomic mass is 32.2. The first-order valence-electron chi connectivity index (χ1n) is 13.8. The van der Waals surface area contributed by atoms with Gasteiger partial charge in [-0.25, -0.2) is 0 Å². The summed E-state index contributed by atoms with van der Waals surface area (Å²) in [4.78, 5) is 2.52. The lowest BCUT2D eigenvalue weighted by atomic mass is 9.71. The standard InChI is InChI=1S/C31H40N2O2S/c1-2-25-18-19-33(22-29(25)36-23-24-12-6-3-7-13-24)21-28-20-30(32-35-28)31(34,26-14-8-4-9-15-26)27-16-10-5-11-17-27/h3-4,6-9,12-15,20,25,27,29,34H,2,5,10-11,16-19,21-23H2,1H3. The molecule has 1 aliphatic heterocycles. The number of benzene rings is 2. The molecule has 1 saturated heterocycles. The summed E-state index contributed by atoms with van der Waals surface area (Å²) in [6.45, 7) is 5.23. The molecule has 2 aromatic carbocycles. The lowest BCUT2D eigenvalue weighted by Gasteiger charge is -2.38. The zero-order chi connectivity index (χ0) is 24.8. The highest BCUT2D eigenvalue weighted by Gasteiger charge is 2.43. The second-order valence-corrected chi connectivity index (χ2v) is 11.9. The van der Waals surface area contributed by atoms with Crippen molar-refractivity contribution in [3.8, 4) is 0 Å². The Labute approximate surface area is 220 Å². The average Bonchev–Trinajstić information content (AvgIpc) is 3.42. The molecule has 3 aromatic rings. The van der Waals surface area contributed by atoms with Crippen LogP contribution in [0.2, 0.25) is 0 Å². The molecule has 0 spiro atoms. The van der Waals surface area contributed by atoms with Crippen molar-refractivity contribution >= 4 is 11.8 Å². The van der Waals surface area contributed by atoms with E-state index in [1.54, 1.807) is 0 Å². The van der Waals surface area contributed by atoms with Gasteiger partial charge in [-0.2, -0.15) is 11.8 Å². The van der Waals surface area contributed by atoms with E-state index in [0.29, 0.717) is 10.9 Å². The van der Waals surface area contributed by atoms with Crippen LogP contribution in [0.4, 0.5) is 0 Å². The predicted molar refractivity (Wildman–Crippen MR) is 148 cm³/mol. The molecular formula is C31H40N2O2S. The van der Waals surface area contributed by atoms with E-state index in [-0.39, 0.29) is 5.92 Å². The van der Waals surface area contributed by atoms with Gasteiger partial charge in [0, 0.05) is 23.6 Å². The maximum Gasteiger partial charge on any atom is 0.151 e. The van der Waals surface area contributed by atoms with Crippen molar-refractivity contribution < 1.29 is 9.63 Å². The largest absolute Gasteiger partial charge is 0.378 e. The van der Waals surface area contributed by atoms with E-state index in [1.807, 2.05) is 36.4 Å². The van der Waals surface area contributed by atoms with Gasteiger partial charge in [0.15, 0.2) is 5.76 Å². The third kappa shape index (κ3) is 5.74. The van der Waals surface area contributed by atoms with Crippen LogP contribution in [0.25, 0.3) is 0 Å². The van der Waals surface area contributed by atoms with Gasteiger partial charge in [0.2, 0.25) is 0 Å². The van der Waals surface area contributed by atoms with Gasteiger partial charge in [0.1, 0.15) is 11.3 Å². The van der Waals surface area contributed by atoms with Crippen molar-refractivity contribution in [3.63, 3.8) is 0 Å². The van der Waals surface area contributed by atoms with E-state index >= 15 is 0 Å². The lowest BCUT2D eigenvalue weighted by Crippen LogP contribution is -2.41. The third-order valence-electron chi connectivity index (χ3n) is 8.35. The Morgan fingerprint density at radius 1 is 1.00 bits per heavy atom. The molecule has 1 saturated carbocycles. The zero-order valence-corrected chi connectivity index (χ0v) is 22.3. The number of rotatable bonds is 9. The maximum atomic E-state index is 12.1. The summed E-state index contributed by atoms with van der Waals surface area (Å²) >= 11 is 2.10. The van der Waals surface area contributed by atoms with Crippen LogP contribution >= 0.6 is 11.8 Å². The van der Waals surface area contributed by atoms with Gasteiger partial charge in [-0.05, 0) is 48.8 Å². The van der Waals surface area contributed by atoms with Gasteiger partial charge in [-0.15, -0.1) is 0 Å². The number of aliphatic hydroxyl groups is 1. The molecule has 0 amide bonds. The Hall–Kier alpha value is -2.08. The van der Waals surface area contributed by atoms with Crippen LogP contribution in [0.15, 0.2) is 71.3 Å². The van der Waals surface area contributed by atoms with E-state index in [9.17, 15) is 5.11 Å². The van der Waals surface area contributed by atoms with Crippen LogP contribution in [0, 0.1) is 11.8 Å². The molecule has 2 fully saturated rings. The fourth-order valence-corrected chi connectivity index (χ4v) is 7.71. The minimum atomic E-state index is -1.09. The highest BCUT2D eigenvalue weighted by Crippen LogP contribution is 2.44. The SMILES string of the molecule is CCC1CCN(Cc2cc(C(O)(c3ccccc3)C3CCCCC3)no2)CC1SCc1ccccc1. The van der Waals surface area contributed by atoms with Crippen molar-refractivity contribution in [3.05, 3.63) is 89.3 Å². The average molecular weight is 505 g/mol. The zero-order valence-electron chi connectivity index (χ0n) is 21.5. The molecule has 4 nitrogen and oxygen atoms in total. The molecule has 1 aliphatic carbocycles. The van der Waals surface area contributed by atoms with Gasteiger partial charge >= 0.3 is 0 Å². The molecule has 3 atom stereocenters. The normalized spacial score (nSPS) is 23.4. The Bertz CT molecular complexity index is 1070. The van der Waals surface area contributed by atoms with Crippen molar-refractivity contribution in [1.29, 1.82) is 0 Å². The van der Waals surface area contributed by atoms with Gasteiger partial charge in [0.25, 0.3) is 0 Å². The first kappa shape index (κ1) is 25.6. The summed E-state index contributed by atoms with van der Waals surface area (Å²) in [7, 11) is 0. The first-order valence-corrected chi connectivity index (χ1v) is 14.8. The summed E-state index contributed by atoms with van der Waals surface area (Å²) in [5, 5.41) is 17.2. The lowest BCUT2D eigenvalue weighted by molar-refractivity contribution is -0.00681. The molecule has 0 bridgehead atoms. The highest BCUT2D eigenvalue weighted by molar-refractivity contribution is 7.99. The first-order chi connectivity index (χ1) is 17.7. The summed E-state index contributed by atoms with van der Waals surface area (Å²) in [6.07, 6.45) is 8.09. The van der Waals surface area contributed by atoms with Gasteiger partial charge in [0.05, 0.1) is 6.54 Å². The minimum Gasteiger partial charge on any atom is -0.378 e. The number of piperidine rings is 1. The Balaban J connectivity index is 1.29. The van der Waals surface area contributed by atoms with Crippen LogP contribution in [0.1, 0.15) is 74.5 Å². The smallest absolute Gasteiger partial charge is 0.151 e. The second kappa shape index (κ2) is 12.0. The minimum absolute atomic E-state index is 0.172. The molecule has 3 unspecified atom stereocenters. The summed E-state index contributed by atoms with van der Waals surface area (Å²) in [5.41, 5.74) is 1.91. The van der Waals surface area contributed by atoms with E-state index in [4.69, 9.17) is 4.52 Å². The van der Waals surface area contributed by atoms with E-state index in [0.717, 1.165) is 55.5 Å². The maximum absolute atomic E-state index is 12.1. The van der Waals surface area contributed by atoms with Crippen LogP contribution in [-0.4, -0.2) is 33.5 Å². The number of thioether (sulfide) groups is 1. The Morgan fingerprint density at radius 3 is 2.44 bits per heavy atom. The predicted octanol–water partition coefficient (Wildman–Crippen LogP) is 7.02. The molecule has 0 radical (unpaired) electrons. The van der Waals surface area contributed by atoms with Crippen LogP contribution < -0.4 is 0 Å². The molecule has 5 heteroatoms. The summed E-state index contributed by atoms with van der Waals surface area (Å²) < 4.78 is 5.89. The quantitative estimate of drug-likeness (QED) is 0.339. The fraction of sp³-hybridized carbons (Fsp3) is 0.516. The number of aromatic nitrogens is 1. The number of nitrogens with zero attached hydrogens (tertiary/aromatic N) is 2. The third-order valence-corrected chi connectivity index (χ3v) is 9.81. The molecule has 36 heavy (non-hydrogen) atoms. The Kier molecular flexibility index (Phi) is 8.51. The summed E-state index contributed by atoms with van der Waals surface area (Å²) in [5.74, 6) is 2.85. The molecular weight excluding hydrogens is 464 g/mol. The van der Waals surface area contributed by atoms with Crippen LogP contribution in [-0.2, 0) is 17.9 Å². The molecule has 1 N–H and O–H groups in total. The molecule has 2 heterocycles. The van der Waals surface area contributed by atoms with E-state index < -0.39 is 5.60 Å². The second-order valence-electron chi connectivity index (χ2n) is 10.7. The molecule has 5 rings (SSSR count). The van der Waals surface area contributed by atoms with Gasteiger partial charge in [-0.1, -0.05) is 98.4 Å². The fourth-order valence-electron chi connectivity index (χ4n) is 6.20. The van der Waals surface area contributed by atoms with E-state index in [1.165, 1.54) is 37.7 Å². The van der Waals surface area contributed by atoms with Gasteiger partial charge < -0.3 is 9.63 Å². The van der Waals surface area contributed by atoms with Crippen molar-refractivity contribution in [1.82, 2.24) is 10.1 Å². The Morgan fingerprint density at radius 2 is 1.72 bits per heavy atom. The molecule has 2 aliphatic rings. The monoisotopic (exact) mass is 504 g/mol. The number of likely N-dealkylation sites (tertiary alicyclic amines) is 1. The number of hydrogen-bond acceptors (Lipinski definition) is 5. The van der Waals surface area contributed by atoms with Crippen molar-refractivity contribution in [2.45, 2.75) is 75.0 Å². The van der Waals surface area contributed by atoms with Crippen molar-refractivity contribution in [2.75, 3.05) is 13.1 Å². The molecule has 1 aromatic heterocycles. The van der Waals surface area contributed by atoms with Crippen molar-refractivity contribution in [2.24, 2.45) is 11.8 Å². The van der Waals surface area contributed by atoms with E-state index in [2.05, 4.69) is 59.1 Å². The molecule has 192 valence electrons. The topological polar surface area (TPSA) is 49.5 Å². The number of hydrogen-bond donors (Lipinski definition) is 1. The van der Waals surface area contributed by atoms with Gasteiger partial charge in [-0.3, -0.25) is 4.90 Å². The van der Waals surface area contributed by atoms with Crippen LogP contribution in [0.3, 0.4) is 0 Å². The summed E-state index contributed by atoms with van der Waals surface area (Å²) in [6, 6.07) is 22.9.